The number of carbonyl (C=O) groups is 2. The number of aliphatic hydroxyl groups is 1. The molecule has 1 rings (SSSR count). The normalized spacial score (nSPS) is 10.2. The van der Waals surface area contributed by atoms with Crippen molar-refractivity contribution in [3.8, 4) is 0 Å². The molecule has 1 aromatic heterocycles. The number of furan rings is 1. The van der Waals surface area contributed by atoms with E-state index in [0.717, 1.165) is 25.7 Å². The second-order valence-electron chi connectivity index (χ2n) is 4.47. The van der Waals surface area contributed by atoms with Gasteiger partial charge in [0.2, 0.25) is 5.91 Å². The van der Waals surface area contributed by atoms with Gasteiger partial charge in [0.05, 0.1) is 6.26 Å². The number of amides is 2. The summed E-state index contributed by atoms with van der Waals surface area (Å²) in [4.78, 5) is 23.0. The smallest absolute Gasteiger partial charge is 0.286 e. The molecule has 0 saturated heterocycles. The predicted molar refractivity (Wildman–Crippen MR) is 74.2 cm³/mol. The summed E-state index contributed by atoms with van der Waals surface area (Å²) in [6, 6.07) is 3.21. The van der Waals surface area contributed by atoms with Crippen LogP contribution < -0.4 is 10.6 Å². The largest absolute Gasteiger partial charge is 0.459 e. The van der Waals surface area contributed by atoms with Crippen LogP contribution >= 0.6 is 0 Å². The highest BCUT2D eigenvalue weighted by Gasteiger charge is 2.08. The summed E-state index contributed by atoms with van der Waals surface area (Å²) in [7, 11) is 0. The van der Waals surface area contributed by atoms with E-state index in [1.807, 2.05) is 0 Å². The molecule has 0 atom stereocenters. The summed E-state index contributed by atoms with van der Waals surface area (Å²) in [5.41, 5.74) is 0. The van der Waals surface area contributed by atoms with E-state index < -0.39 is 0 Å². The maximum atomic E-state index is 11.5. The molecule has 1 aromatic rings. The fraction of sp³-hybridized carbons (Fsp3) is 0.571. The van der Waals surface area contributed by atoms with Crippen LogP contribution in [-0.4, -0.2) is 36.6 Å². The monoisotopic (exact) mass is 282 g/mol. The van der Waals surface area contributed by atoms with Crippen LogP contribution in [0.5, 0.6) is 0 Å². The third kappa shape index (κ3) is 6.94. The van der Waals surface area contributed by atoms with Crippen LogP contribution in [0, 0.1) is 0 Å². The van der Waals surface area contributed by atoms with E-state index in [2.05, 4.69) is 10.6 Å². The number of hydrogen-bond acceptors (Lipinski definition) is 4. The van der Waals surface area contributed by atoms with Crippen molar-refractivity contribution in [2.75, 3.05) is 19.7 Å². The second-order valence-corrected chi connectivity index (χ2v) is 4.47. The second kappa shape index (κ2) is 10.0. The Balaban J connectivity index is 1.99. The molecule has 0 radical (unpaired) electrons. The molecule has 1 heterocycles. The molecule has 0 fully saturated rings. The van der Waals surface area contributed by atoms with Crippen LogP contribution in [0.25, 0.3) is 0 Å². The van der Waals surface area contributed by atoms with E-state index in [4.69, 9.17) is 9.52 Å². The average molecular weight is 282 g/mol. The van der Waals surface area contributed by atoms with Crippen molar-refractivity contribution in [3.63, 3.8) is 0 Å². The van der Waals surface area contributed by atoms with Gasteiger partial charge in [0.15, 0.2) is 5.76 Å². The predicted octanol–water partition coefficient (Wildman–Crippen LogP) is 1.07. The Hall–Kier alpha value is -1.82. The van der Waals surface area contributed by atoms with E-state index in [9.17, 15) is 9.59 Å². The first-order valence-electron chi connectivity index (χ1n) is 6.93. The highest BCUT2D eigenvalue weighted by Crippen LogP contribution is 1.99. The third-order valence-electron chi connectivity index (χ3n) is 2.79. The molecular weight excluding hydrogens is 260 g/mol. The molecule has 0 unspecified atom stereocenters. The van der Waals surface area contributed by atoms with Gasteiger partial charge in [-0.1, -0.05) is 12.8 Å². The van der Waals surface area contributed by atoms with Crippen LogP contribution in [0.2, 0.25) is 0 Å². The van der Waals surface area contributed by atoms with Crippen molar-refractivity contribution in [1.82, 2.24) is 10.6 Å². The highest BCUT2D eigenvalue weighted by molar-refractivity contribution is 5.91. The molecule has 0 aliphatic heterocycles. The summed E-state index contributed by atoms with van der Waals surface area (Å²) < 4.78 is 4.93. The van der Waals surface area contributed by atoms with Gasteiger partial charge in [0, 0.05) is 26.1 Å². The van der Waals surface area contributed by atoms with Crippen molar-refractivity contribution in [3.05, 3.63) is 24.2 Å². The van der Waals surface area contributed by atoms with Crippen molar-refractivity contribution in [1.29, 1.82) is 0 Å². The molecule has 2 amide bonds. The van der Waals surface area contributed by atoms with Gasteiger partial charge in [0.1, 0.15) is 0 Å². The van der Waals surface area contributed by atoms with Crippen LogP contribution in [0.15, 0.2) is 22.8 Å². The molecule has 0 aliphatic rings. The summed E-state index contributed by atoms with van der Waals surface area (Å²) >= 11 is 0. The minimum Gasteiger partial charge on any atom is -0.459 e. The lowest BCUT2D eigenvalue weighted by Crippen LogP contribution is -2.31. The van der Waals surface area contributed by atoms with E-state index in [1.54, 1.807) is 12.1 Å². The minimum atomic E-state index is -0.313. The quantitative estimate of drug-likeness (QED) is 0.560. The molecule has 6 heteroatoms. The van der Waals surface area contributed by atoms with Gasteiger partial charge in [-0.05, 0) is 25.0 Å². The molecule has 0 aliphatic carbocycles. The van der Waals surface area contributed by atoms with Crippen molar-refractivity contribution < 1.29 is 19.1 Å². The summed E-state index contributed by atoms with van der Waals surface area (Å²) in [6.07, 6.45) is 5.38. The number of aliphatic hydroxyl groups excluding tert-OH is 1. The van der Waals surface area contributed by atoms with E-state index in [1.165, 1.54) is 6.26 Å². The SMILES string of the molecule is O=C(CCNC(=O)c1ccco1)NCCCCCCO. The van der Waals surface area contributed by atoms with Gasteiger partial charge in [-0.3, -0.25) is 9.59 Å². The number of unbranched alkanes of at least 4 members (excludes halogenated alkanes) is 3. The lowest BCUT2D eigenvalue weighted by molar-refractivity contribution is -0.120. The molecule has 0 spiro atoms. The van der Waals surface area contributed by atoms with Crippen molar-refractivity contribution >= 4 is 11.8 Å². The number of rotatable bonds is 10. The first-order chi connectivity index (χ1) is 9.74. The van der Waals surface area contributed by atoms with Gasteiger partial charge in [-0.15, -0.1) is 0 Å². The van der Waals surface area contributed by atoms with E-state index in [0.29, 0.717) is 6.54 Å². The topological polar surface area (TPSA) is 91.6 Å². The van der Waals surface area contributed by atoms with E-state index in [-0.39, 0.29) is 37.1 Å². The van der Waals surface area contributed by atoms with Gasteiger partial charge < -0.3 is 20.2 Å². The Morgan fingerprint density at radius 1 is 1.10 bits per heavy atom. The van der Waals surface area contributed by atoms with Gasteiger partial charge in [-0.25, -0.2) is 0 Å². The van der Waals surface area contributed by atoms with Crippen molar-refractivity contribution in [2.45, 2.75) is 32.1 Å². The lowest BCUT2D eigenvalue weighted by atomic mass is 10.2. The summed E-state index contributed by atoms with van der Waals surface area (Å²) in [6.45, 7) is 1.15. The van der Waals surface area contributed by atoms with Crippen LogP contribution in [0.4, 0.5) is 0 Å². The zero-order chi connectivity index (χ0) is 14.6. The van der Waals surface area contributed by atoms with Crippen LogP contribution in [0.3, 0.4) is 0 Å². The fourth-order valence-corrected chi connectivity index (χ4v) is 1.69. The van der Waals surface area contributed by atoms with Gasteiger partial charge >= 0.3 is 0 Å². The Kier molecular flexibility index (Phi) is 8.14. The summed E-state index contributed by atoms with van der Waals surface area (Å²) in [5, 5.41) is 14.0. The zero-order valence-corrected chi connectivity index (χ0v) is 11.6. The molecule has 112 valence electrons. The molecule has 0 aromatic carbocycles. The first-order valence-corrected chi connectivity index (χ1v) is 6.93. The Morgan fingerprint density at radius 3 is 2.60 bits per heavy atom. The van der Waals surface area contributed by atoms with Gasteiger partial charge in [0.25, 0.3) is 5.91 Å². The zero-order valence-electron chi connectivity index (χ0n) is 11.6. The molecule has 20 heavy (non-hydrogen) atoms. The fourth-order valence-electron chi connectivity index (χ4n) is 1.69. The standard InChI is InChI=1S/C14H22N2O4/c17-10-4-2-1-3-8-15-13(18)7-9-16-14(19)12-6-5-11-20-12/h5-6,11,17H,1-4,7-10H2,(H,15,18)(H,16,19). The molecular formula is C14H22N2O4. The van der Waals surface area contributed by atoms with E-state index >= 15 is 0 Å². The Morgan fingerprint density at radius 2 is 1.90 bits per heavy atom. The minimum absolute atomic E-state index is 0.0769. The number of hydrogen-bond donors (Lipinski definition) is 3. The third-order valence-corrected chi connectivity index (χ3v) is 2.79. The summed E-state index contributed by atoms with van der Waals surface area (Å²) in [5.74, 6) is -0.145. The number of carbonyl (C=O) groups excluding carboxylic acids is 2. The lowest BCUT2D eigenvalue weighted by Gasteiger charge is -2.05. The van der Waals surface area contributed by atoms with Crippen LogP contribution in [0.1, 0.15) is 42.7 Å². The van der Waals surface area contributed by atoms with Gasteiger partial charge in [-0.2, -0.15) is 0 Å². The molecule has 3 N–H and O–H groups in total. The highest BCUT2D eigenvalue weighted by atomic mass is 16.3. The Labute approximate surface area is 118 Å². The van der Waals surface area contributed by atoms with Crippen LogP contribution in [-0.2, 0) is 4.79 Å². The Bertz CT molecular complexity index is 390. The molecule has 0 saturated carbocycles. The maximum Gasteiger partial charge on any atom is 0.286 e. The molecule has 6 nitrogen and oxygen atoms in total. The van der Waals surface area contributed by atoms with Crippen molar-refractivity contribution in [2.24, 2.45) is 0 Å². The average Bonchev–Trinajstić information content (AvgIpc) is 2.96. The maximum absolute atomic E-state index is 11.5. The number of nitrogens with one attached hydrogen (secondary N) is 2. The molecule has 0 bridgehead atoms. The first kappa shape index (κ1) is 16.2.